The fraction of sp³-hybridized carbons (Fsp3) is 0.400. The maximum atomic E-state index is 13.6. The second kappa shape index (κ2) is 8.50. The van der Waals surface area contributed by atoms with E-state index in [1.807, 2.05) is 17.5 Å². The number of halogens is 2. The summed E-state index contributed by atoms with van der Waals surface area (Å²) in [5, 5.41) is 2.04. The van der Waals surface area contributed by atoms with Gasteiger partial charge in [0.05, 0.1) is 18.3 Å². The normalized spacial score (nSPS) is 21.7. The van der Waals surface area contributed by atoms with E-state index in [1.165, 1.54) is 6.92 Å². The summed E-state index contributed by atoms with van der Waals surface area (Å²) in [6.07, 6.45) is 3.13. The molecule has 3 atom stereocenters. The van der Waals surface area contributed by atoms with Gasteiger partial charge in [0.15, 0.2) is 6.10 Å². The van der Waals surface area contributed by atoms with Crippen LogP contribution in [-0.4, -0.2) is 41.2 Å². The van der Waals surface area contributed by atoms with Gasteiger partial charge in [0, 0.05) is 6.54 Å². The van der Waals surface area contributed by atoms with Crippen molar-refractivity contribution in [1.29, 1.82) is 0 Å². The van der Waals surface area contributed by atoms with E-state index in [4.69, 9.17) is 4.74 Å². The Bertz CT molecular complexity index is 839. The summed E-state index contributed by atoms with van der Waals surface area (Å²) in [5.74, 6) is -5.02. The third-order valence-electron chi connectivity index (χ3n) is 5.03. The zero-order valence-corrected chi connectivity index (χ0v) is 15.7. The minimum atomic E-state index is -1.32. The van der Waals surface area contributed by atoms with Gasteiger partial charge in [-0.05, 0) is 31.9 Å². The number of anilines is 1. The topological polar surface area (TPSA) is 92.8 Å². The van der Waals surface area contributed by atoms with Gasteiger partial charge >= 0.3 is 5.97 Å². The van der Waals surface area contributed by atoms with Crippen molar-refractivity contribution in [1.82, 2.24) is 4.90 Å². The van der Waals surface area contributed by atoms with Crippen molar-refractivity contribution in [3.05, 3.63) is 42.0 Å². The molecule has 3 amide bonds. The highest BCUT2D eigenvalue weighted by Crippen LogP contribution is 2.35. The highest BCUT2D eigenvalue weighted by molar-refractivity contribution is 6.05. The average Bonchev–Trinajstić information content (AvgIpc) is 2.93. The van der Waals surface area contributed by atoms with Gasteiger partial charge in [-0.2, -0.15) is 0 Å². The smallest absolute Gasteiger partial charge is 0.308 e. The van der Waals surface area contributed by atoms with Gasteiger partial charge in [-0.1, -0.05) is 18.2 Å². The van der Waals surface area contributed by atoms with Gasteiger partial charge in [0.1, 0.15) is 17.3 Å². The second-order valence-electron chi connectivity index (χ2n) is 6.95. The lowest BCUT2D eigenvalue weighted by Gasteiger charge is -2.16. The van der Waals surface area contributed by atoms with Gasteiger partial charge in [-0.3, -0.25) is 24.1 Å². The third kappa shape index (κ3) is 4.33. The number of rotatable bonds is 6. The molecule has 2 aliphatic rings. The Balaban J connectivity index is 1.51. The van der Waals surface area contributed by atoms with E-state index in [-0.39, 0.29) is 36.6 Å². The molecule has 9 heteroatoms. The van der Waals surface area contributed by atoms with Crippen LogP contribution < -0.4 is 5.32 Å². The number of para-hydroxylation sites is 1. The number of imide groups is 1. The largest absolute Gasteiger partial charge is 0.452 e. The molecule has 1 fully saturated rings. The number of hydrogen-bond donors (Lipinski definition) is 1. The summed E-state index contributed by atoms with van der Waals surface area (Å²) in [6, 6.07) is 3.11. The minimum absolute atomic E-state index is 0.139. The van der Waals surface area contributed by atoms with E-state index in [2.05, 4.69) is 0 Å². The van der Waals surface area contributed by atoms with E-state index in [9.17, 15) is 28.0 Å². The molecule has 0 radical (unpaired) electrons. The zero-order chi connectivity index (χ0) is 21.1. The second-order valence-corrected chi connectivity index (χ2v) is 6.95. The maximum absolute atomic E-state index is 13.6. The van der Waals surface area contributed by atoms with Crippen molar-refractivity contribution in [3.8, 4) is 0 Å². The molecule has 0 spiro atoms. The van der Waals surface area contributed by atoms with Gasteiger partial charge in [-0.25, -0.2) is 8.78 Å². The summed E-state index contributed by atoms with van der Waals surface area (Å²) < 4.78 is 32.1. The Kier molecular flexibility index (Phi) is 6.05. The summed E-state index contributed by atoms with van der Waals surface area (Å²) in [7, 11) is 0. The number of fused-ring (bicyclic) bond motifs is 1. The van der Waals surface area contributed by atoms with E-state index < -0.39 is 35.3 Å². The lowest BCUT2D eigenvalue weighted by molar-refractivity contribution is -0.154. The Morgan fingerprint density at radius 2 is 1.69 bits per heavy atom. The Labute approximate surface area is 165 Å². The number of esters is 1. The van der Waals surface area contributed by atoms with Crippen molar-refractivity contribution in [2.24, 2.45) is 11.8 Å². The predicted octanol–water partition coefficient (Wildman–Crippen LogP) is 2.18. The number of carbonyl (C=O) groups excluding carboxylic acids is 4. The molecule has 0 unspecified atom stereocenters. The van der Waals surface area contributed by atoms with Crippen molar-refractivity contribution in [2.75, 3.05) is 11.9 Å². The van der Waals surface area contributed by atoms with Crippen LogP contribution in [0.25, 0.3) is 0 Å². The number of nitrogens with zero attached hydrogens (tertiary/aromatic N) is 1. The van der Waals surface area contributed by atoms with Crippen LogP contribution in [0.5, 0.6) is 0 Å². The third-order valence-corrected chi connectivity index (χ3v) is 5.03. The first-order valence-electron chi connectivity index (χ1n) is 9.24. The van der Waals surface area contributed by atoms with Crippen LogP contribution in [0.1, 0.15) is 26.2 Å². The Morgan fingerprint density at radius 3 is 2.24 bits per heavy atom. The first kappa shape index (κ1) is 20.6. The van der Waals surface area contributed by atoms with Crippen LogP contribution in [0, 0.1) is 23.5 Å². The predicted molar refractivity (Wildman–Crippen MR) is 97.2 cm³/mol. The molecule has 1 aromatic rings. The first-order chi connectivity index (χ1) is 13.8. The van der Waals surface area contributed by atoms with Gasteiger partial charge in [0.25, 0.3) is 5.91 Å². The zero-order valence-electron chi connectivity index (χ0n) is 15.7. The number of nitrogens with one attached hydrogen (secondary N) is 1. The monoisotopic (exact) mass is 406 g/mol. The van der Waals surface area contributed by atoms with Crippen molar-refractivity contribution < 1.29 is 32.7 Å². The van der Waals surface area contributed by atoms with Crippen molar-refractivity contribution in [3.63, 3.8) is 0 Å². The quantitative estimate of drug-likeness (QED) is 0.444. The fourth-order valence-corrected chi connectivity index (χ4v) is 3.44. The molecule has 1 aliphatic heterocycles. The van der Waals surface area contributed by atoms with Gasteiger partial charge < -0.3 is 10.1 Å². The lowest BCUT2D eigenvalue weighted by atomic mass is 9.85. The van der Waals surface area contributed by atoms with Crippen LogP contribution in [-0.2, 0) is 23.9 Å². The molecule has 29 heavy (non-hydrogen) atoms. The fourth-order valence-electron chi connectivity index (χ4n) is 3.44. The van der Waals surface area contributed by atoms with Crippen LogP contribution in [0.3, 0.4) is 0 Å². The first-order valence-corrected chi connectivity index (χ1v) is 9.24. The summed E-state index contributed by atoms with van der Waals surface area (Å²) in [4.78, 5) is 49.8. The molecule has 1 N–H and O–H groups in total. The average molecular weight is 406 g/mol. The van der Waals surface area contributed by atoms with Crippen LogP contribution in [0.15, 0.2) is 30.4 Å². The summed E-state index contributed by atoms with van der Waals surface area (Å²) in [5.41, 5.74) is -0.634. The molecule has 0 aromatic heterocycles. The molecule has 1 heterocycles. The maximum Gasteiger partial charge on any atom is 0.308 e. The summed E-state index contributed by atoms with van der Waals surface area (Å²) in [6.45, 7) is 1.11. The van der Waals surface area contributed by atoms with Crippen LogP contribution in [0.2, 0.25) is 0 Å². The molecular weight excluding hydrogens is 386 g/mol. The number of allylic oxidation sites excluding steroid dienone is 2. The minimum Gasteiger partial charge on any atom is -0.452 e. The molecule has 0 saturated carbocycles. The molecule has 7 nitrogen and oxygen atoms in total. The number of ether oxygens (including phenoxy) is 1. The standard InChI is InChI=1S/C20H20F2N2O5/c1-11(18(26)23-17-14(21)7-4-8-15(17)22)29-16(25)9-10-24-19(27)12-5-2-3-6-13(12)20(24)28/h2-4,7-8,11-13H,5-6,9-10H2,1H3,(H,23,26)/t11-,12-,13+/m1/s1. The molecule has 0 bridgehead atoms. The molecule has 154 valence electrons. The van der Waals surface area contributed by atoms with Crippen LogP contribution in [0.4, 0.5) is 14.5 Å². The van der Waals surface area contributed by atoms with E-state index >= 15 is 0 Å². The van der Waals surface area contributed by atoms with Crippen LogP contribution >= 0.6 is 0 Å². The highest BCUT2D eigenvalue weighted by atomic mass is 19.1. The number of amides is 3. The molecule has 1 aromatic carbocycles. The summed E-state index contributed by atoms with van der Waals surface area (Å²) >= 11 is 0. The van der Waals surface area contributed by atoms with Gasteiger partial charge in [0.2, 0.25) is 11.8 Å². The number of benzene rings is 1. The van der Waals surface area contributed by atoms with E-state index in [0.717, 1.165) is 23.1 Å². The Hall–Kier alpha value is -3.10. The molecule has 3 rings (SSSR count). The number of carbonyl (C=O) groups is 4. The number of hydrogen-bond acceptors (Lipinski definition) is 5. The number of likely N-dealkylation sites (tertiary alicyclic amines) is 1. The molecular formula is C20H20F2N2O5. The molecule has 1 aliphatic carbocycles. The SMILES string of the molecule is C[C@@H](OC(=O)CCN1C(=O)[C@H]2CC=CC[C@H]2C1=O)C(=O)Nc1c(F)cccc1F. The van der Waals surface area contributed by atoms with Gasteiger partial charge in [-0.15, -0.1) is 0 Å². The highest BCUT2D eigenvalue weighted by Gasteiger charge is 2.47. The molecule has 1 saturated heterocycles. The van der Waals surface area contributed by atoms with E-state index in [1.54, 1.807) is 0 Å². The van der Waals surface area contributed by atoms with Crippen molar-refractivity contribution >= 4 is 29.4 Å². The van der Waals surface area contributed by atoms with Crippen molar-refractivity contribution in [2.45, 2.75) is 32.3 Å². The Morgan fingerprint density at radius 1 is 1.14 bits per heavy atom. The van der Waals surface area contributed by atoms with E-state index in [0.29, 0.717) is 12.8 Å². The lowest BCUT2D eigenvalue weighted by Crippen LogP contribution is -2.35.